The van der Waals surface area contributed by atoms with Gasteiger partial charge in [0.15, 0.2) is 5.96 Å². The van der Waals surface area contributed by atoms with Crippen LogP contribution in [-0.2, 0) is 4.74 Å². The number of nitrogens with zero attached hydrogens (tertiary/aromatic N) is 2. The zero-order chi connectivity index (χ0) is 19.9. The van der Waals surface area contributed by atoms with E-state index in [0.29, 0.717) is 12.6 Å². The van der Waals surface area contributed by atoms with E-state index in [-0.39, 0.29) is 17.3 Å². The fourth-order valence-electron chi connectivity index (χ4n) is 3.34. The van der Waals surface area contributed by atoms with Gasteiger partial charge in [0, 0.05) is 38.5 Å². The Hall–Kier alpha value is -1.82. The largest absolute Gasteiger partial charge is 0.379 e. The molecular formula is C21H35FN4O. The van der Waals surface area contributed by atoms with Gasteiger partial charge in [-0.3, -0.25) is 4.99 Å². The van der Waals surface area contributed by atoms with E-state index in [4.69, 9.17) is 9.73 Å². The average Bonchev–Trinajstić information content (AvgIpc) is 2.62. The van der Waals surface area contributed by atoms with Crippen LogP contribution in [0.2, 0.25) is 0 Å². The number of nitrogens with one attached hydrogen (secondary N) is 2. The number of piperidine rings is 1. The molecular weight excluding hydrogens is 343 g/mol. The van der Waals surface area contributed by atoms with Gasteiger partial charge in [0.25, 0.3) is 0 Å². The summed E-state index contributed by atoms with van der Waals surface area (Å²) in [5.74, 6) is 0.661. The van der Waals surface area contributed by atoms with E-state index >= 15 is 0 Å². The van der Waals surface area contributed by atoms with Crippen molar-refractivity contribution in [2.45, 2.75) is 52.7 Å². The minimum atomic E-state index is -0.180. The fraction of sp³-hybridized carbons (Fsp3) is 0.667. The van der Waals surface area contributed by atoms with E-state index in [0.717, 1.165) is 44.1 Å². The molecule has 1 fully saturated rings. The van der Waals surface area contributed by atoms with Crippen LogP contribution in [0.3, 0.4) is 0 Å². The second-order valence-electron chi connectivity index (χ2n) is 8.20. The molecule has 1 heterocycles. The highest BCUT2D eigenvalue weighted by Crippen LogP contribution is 2.22. The second-order valence-corrected chi connectivity index (χ2v) is 8.20. The van der Waals surface area contributed by atoms with Crippen molar-refractivity contribution >= 4 is 11.6 Å². The molecule has 1 saturated heterocycles. The highest BCUT2D eigenvalue weighted by atomic mass is 19.1. The lowest BCUT2D eigenvalue weighted by atomic mass is 9.89. The molecule has 6 heteroatoms. The third kappa shape index (κ3) is 6.69. The molecule has 1 aromatic rings. The maximum Gasteiger partial charge on any atom is 0.191 e. The first-order chi connectivity index (χ1) is 12.8. The van der Waals surface area contributed by atoms with Crippen molar-refractivity contribution in [2.24, 2.45) is 10.4 Å². The molecule has 0 amide bonds. The molecule has 152 valence electrons. The van der Waals surface area contributed by atoms with Crippen molar-refractivity contribution < 1.29 is 9.13 Å². The van der Waals surface area contributed by atoms with Crippen LogP contribution in [0.25, 0.3) is 0 Å². The van der Waals surface area contributed by atoms with Gasteiger partial charge in [-0.15, -0.1) is 0 Å². The Labute approximate surface area is 163 Å². The molecule has 1 atom stereocenters. The Morgan fingerprint density at radius 1 is 1.33 bits per heavy atom. The Bertz CT molecular complexity index is 606. The smallest absolute Gasteiger partial charge is 0.191 e. The molecule has 1 unspecified atom stereocenters. The monoisotopic (exact) mass is 378 g/mol. The van der Waals surface area contributed by atoms with Crippen LogP contribution in [0.1, 0.15) is 40.5 Å². The molecule has 1 aromatic carbocycles. The molecule has 5 nitrogen and oxygen atoms in total. The van der Waals surface area contributed by atoms with Crippen LogP contribution in [0.4, 0.5) is 10.1 Å². The number of aliphatic imine (C=N–C) groups is 1. The topological polar surface area (TPSA) is 48.9 Å². The van der Waals surface area contributed by atoms with Gasteiger partial charge in [-0.05, 0) is 43.4 Å². The zero-order valence-corrected chi connectivity index (χ0v) is 17.4. The van der Waals surface area contributed by atoms with Crippen LogP contribution in [0, 0.1) is 11.2 Å². The van der Waals surface area contributed by atoms with Gasteiger partial charge < -0.3 is 20.3 Å². The van der Waals surface area contributed by atoms with Crippen molar-refractivity contribution in [1.82, 2.24) is 10.6 Å². The Morgan fingerprint density at radius 2 is 2.04 bits per heavy atom. The summed E-state index contributed by atoms with van der Waals surface area (Å²) in [5.41, 5.74) is 1.01. The normalized spacial score (nSPS) is 17.7. The van der Waals surface area contributed by atoms with E-state index in [1.165, 1.54) is 6.07 Å². The summed E-state index contributed by atoms with van der Waals surface area (Å²) in [6.07, 6.45) is 2.06. The minimum absolute atomic E-state index is 0.0475. The highest BCUT2D eigenvalue weighted by molar-refractivity contribution is 5.80. The first-order valence-corrected chi connectivity index (χ1v) is 9.91. The van der Waals surface area contributed by atoms with E-state index in [2.05, 4.69) is 43.2 Å². The standard InChI is InChI=1S/C21H35FN4O/c1-6-23-20(24-15-19(27-5)21(2,3)4)25-17-10-12-26(13-11-17)18-9-7-8-16(22)14-18/h7-9,14,17,19H,6,10-13,15H2,1-5H3,(H2,23,24,25). The van der Waals surface area contributed by atoms with Crippen molar-refractivity contribution in [3.05, 3.63) is 30.1 Å². The molecule has 0 saturated carbocycles. The maximum absolute atomic E-state index is 13.4. The quantitative estimate of drug-likeness (QED) is 0.588. The molecule has 27 heavy (non-hydrogen) atoms. The van der Waals surface area contributed by atoms with Crippen molar-refractivity contribution in [3.63, 3.8) is 0 Å². The van der Waals surface area contributed by atoms with Gasteiger partial charge in [-0.2, -0.15) is 0 Å². The molecule has 1 aliphatic rings. The summed E-state index contributed by atoms with van der Waals surface area (Å²) in [4.78, 5) is 6.98. The van der Waals surface area contributed by atoms with E-state index in [9.17, 15) is 4.39 Å². The van der Waals surface area contributed by atoms with Gasteiger partial charge in [0.05, 0.1) is 12.6 Å². The molecule has 0 aliphatic carbocycles. The Morgan fingerprint density at radius 3 is 2.59 bits per heavy atom. The number of halogens is 1. The van der Waals surface area contributed by atoms with Crippen LogP contribution < -0.4 is 15.5 Å². The predicted octanol–water partition coefficient (Wildman–Crippen LogP) is 3.41. The number of hydrogen-bond donors (Lipinski definition) is 2. The summed E-state index contributed by atoms with van der Waals surface area (Å²) >= 11 is 0. The zero-order valence-electron chi connectivity index (χ0n) is 17.4. The Kier molecular flexibility index (Phi) is 7.90. The van der Waals surface area contributed by atoms with Crippen LogP contribution >= 0.6 is 0 Å². The SMILES string of the molecule is CCNC(=NCC(OC)C(C)(C)C)NC1CCN(c2cccc(F)c2)CC1. The van der Waals surface area contributed by atoms with E-state index < -0.39 is 0 Å². The third-order valence-corrected chi connectivity index (χ3v) is 5.02. The van der Waals surface area contributed by atoms with Crippen LogP contribution in [0.5, 0.6) is 0 Å². The maximum atomic E-state index is 13.4. The first kappa shape index (κ1) is 21.5. The van der Waals surface area contributed by atoms with E-state index in [1.54, 1.807) is 19.2 Å². The average molecular weight is 379 g/mol. The second kappa shape index (κ2) is 9.93. The van der Waals surface area contributed by atoms with Crippen molar-refractivity contribution in [2.75, 3.05) is 38.2 Å². The predicted molar refractivity (Wildman–Crippen MR) is 111 cm³/mol. The van der Waals surface area contributed by atoms with E-state index in [1.807, 2.05) is 6.07 Å². The third-order valence-electron chi connectivity index (χ3n) is 5.02. The number of ether oxygens (including phenoxy) is 1. The van der Waals surface area contributed by atoms with Gasteiger partial charge in [0.2, 0.25) is 0 Å². The number of guanidine groups is 1. The minimum Gasteiger partial charge on any atom is -0.379 e. The molecule has 0 radical (unpaired) electrons. The summed E-state index contributed by atoms with van der Waals surface area (Å²) in [6, 6.07) is 7.20. The summed E-state index contributed by atoms with van der Waals surface area (Å²) in [6.45, 7) is 11.8. The number of benzene rings is 1. The highest BCUT2D eigenvalue weighted by Gasteiger charge is 2.25. The molecule has 0 bridgehead atoms. The molecule has 0 aromatic heterocycles. The molecule has 1 aliphatic heterocycles. The molecule has 0 spiro atoms. The number of hydrogen-bond acceptors (Lipinski definition) is 3. The summed E-state index contributed by atoms with van der Waals surface area (Å²) < 4.78 is 19.1. The first-order valence-electron chi connectivity index (χ1n) is 9.91. The van der Waals surface area contributed by atoms with Crippen LogP contribution in [0.15, 0.2) is 29.3 Å². The molecule has 2 rings (SSSR count). The van der Waals surface area contributed by atoms with Crippen molar-refractivity contribution in [3.8, 4) is 0 Å². The van der Waals surface area contributed by atoms with Gasteiger partial charge in [0.1, 0.15) is 5.82 Å². The molecule has 2 N–H and O–H groups in total. The lowest BCUT2D eigenvalue weighted by molar-refractivity contribution is 0.0241. The number of rotatable bonds is 6. The fourth-order valence-corrected chi connectivity index (χ4v) is 3.34. The Balaban J connectivity index is 1.91. The van der Waals surface area contributed by atoms with Crippen molar-refractivity contribution in [1.29, 1.82) is 0 Å². The summed E-state index contributed by atoms with van der Waals surface area (Å²) in [7, 11) is 1.74. The van der Waals surface area contributed by atoms with Gasteiger partial charge in [-0.1, -0.05) is 26.8 Å². The van der Waals surface area contributed by atoms with Gasteiger partial charge in [-0.25, -0.2) is 4.39 Å². The lowest BCUT2D eigenvalue weighted by Crippen LogP contribution is -2.49. The van der Waals surface area contributed by atoms with Gasteiger partial charge >= 0.3 is 0 Å². The lowest BCUT2D eigenvalue weighted by Gasteiger charge is -2.34. The summed E-state index contributed by atoms with van der Waals surface area (Å²) in [5, 5.41) is 6.89. The number of methoxy groups -OCH3 is 1. The number of anilines is 1. The van der Waals surface area contributed by atoms with Crippen LogP contribution in [-0.4, -0.2) is 51.4 Å².